The molecule has 1 aliphatic heterocycles. The normalized spacial score (nSPS) is 13.3. The van der Waals surface area contributed by atoms with Crippen molar-refractivity contribution in [3.63, 3.8) is 0 Å². The molecule has 0 aliphatic carbocycles. The predicted octanol–water partition coefficient (Wildman–Crippen LogP) is 6.22. The van der Waals surface area contributed by atoms with Gasteiger partial charge in [0.25, 0.3) is 0 Å². The van der Waals surface area contributed by atoms with E-state index in [2.05, 4.69) is 79.3 Å². The molecule has 0 bridgehead atoms. The van der Waals surface area contributed by atoms with E-state index in [1.807, 2.05) is 24.3 Å². The van der Waals surface area contributed by atoms with Gasteiger partial charge in [-0.15, -0.1) is 5.10 Å². The Morgan fingerprint density at radius 2 is 1.73 bits per heavy atom. The predicted molar refractivity (Wildman–Crippen MR) is 209 cm³/mol. The van der Waals surface area contributed by atoms with E-state index in [-0.39, 0.29) is 18.6 Å². The maximum Gasteiger partial charge on any atom is 0.217 e. The number of carbonyl (C=O) groups excluding carboxylic acids is 1. The lowest BCUT2D eigenvalue weighted by molar-refractivity contribution is -0.119. The Morgan fingerprint density at radius 3 is 2.49 bits per heavy atom. The summed E-state index contributed by atoms with van der Waals surface area (Å²) in [7, 11) is 0. The zero-order valence-corrected chi connectivity index (χ0v) is 32.2. The quantitative estimate of drug-likeness (QED) is 0.0922. The van der Waals surface area contributed by atoms with E-state index < -0.39 is 0 Å². The number of nitriles is 1. The van der Waals surface area contributed by atoms with Crippen molar-refractivity contribution in [1.29, 1.82) is 5.26 Å². The molecular formula is C41H46ClN9O4. The first kappa shape index (κ1) is 39.2. The molecule has 14 heteroatoms. The molecule has 6 rings (SSSR count). The first-order valence-electron chi connectivity index (χ1n) is 18.4. The molecule has 1 aliphatic rings. The van der Waals surface area contributed by atoms with Crippen LogP contribution in [0.2, 0.25) is 5.02 Å². The largest absolute Gasteiger partial charge is 0.493 e. The van der Waals surface area contributed by atoms with Gasteiger partial charge in [-0.3, -0.25) is 9.78 Å². The third kappa shape index (κ3) is 10.8. The van der Waals surface area contributed by atoms with E-state index in [1.165, 1.54) is 6.20 Å². The van der Waals surface area contributed by atoms with Gasteiger partial charge in [0.05, 0.1) is 23.7 Å². The maximum atomic E-state index is 11.4. The molecule has 1 saturated heterocycles. The number of H-pyrrole nitrogens is 1. The molecule has 3 heterocycles. The number of carbonyl (C=O) groups is 1. The second-order valence-electron chi connectivity index (χ2n) is 13.6. The highest BCUT2D eigenvalue weighted by Crippen LogP contribution is 2.36. The number of halogens is 1. The van der Waals surface area contributed by atoms with Crippen molar-refractivity contribution < 1.29 is 19.0 Å². The minimum atomic E-state index is 0.0470. The number of piperidine rings is 1. The minimum Gasteiger partial charge on any atom is -0.493 e. The lowest BCUT2D eigenvalue weighted by atomic mass is 9.93. The smallest absolute Gasteiger partial charge is 0.217 e. The summed E-state index contributed by atoms with van der Waals surface area (Å²) in [5, 5.41) is 30.0. The fraction of sp³-hybridized carbons (Fsp3) is 0.366. The molecule has 3 N–H and O–H groups in total. The number of pyridine rings is 1. The zero-order chi connectivity index (χ0) is 38.6. The summed E-state index contributed by atoms with van der Waals surface area (Å²) in [6.07, 6.45) is 6.09. The number of tetrazole rings is 1. The van der Waals surface area contributed by atoms with Crippen molar-refractivity contribution in [3.8, 4) is 34.4 Å². The summed E-state index contributed by atoms with van der Waals surface area (Å²) in [4.78, 5) is 18.0. The molecule has 0 atom stereocenters. The van der Waals surface area contributed by atoms with E-state index >= 15 is 0 Å². The number of nitrogens with zero attached hydrogens (tertiary/aromatic N) is 6. The first-order valence-corrected chi connectivity index (χ1v) is 18.8. The van der Waals surface area contributed by atoms with Crippen LogP contribution in [0.1, 0.15) is 65.4 Å². The Bertz CT molecular complexity index is 2100. The van der Waals surface area contributed by atoms with Gasteiger partial charge >= 0.3 is 0 Å². The van der Waals surface area contributed by atoms with Crippen molar-refractivity contribution in [2.45, 2.75) is 72.4 Å². The van der Waals surface area contributed by atoms with E-state index in [9.17, 15) is 10.1 Å². The lowest BCUT2D eigenvalue weighted by Gasteiger charge is -2.32. The van der Waals surface area contributed by atoms with Gasteiger partial charge in [0.15, 0.2) is 5.82 Å². The van der Waals surface area contributed by atoms with Gasteiger partial charge in [0, 0.05) is 68.7 Å². The number of hydrogen-bond donors (Lipinski definition) is 3. The number of amides is 1. The molecule has 13 nitrogen and oxygen atoms in total. The van der Waals surface area contributed by atoms with Crippen LogP contribution in [0.3, 0.4) is 0 Å². The van der Waals surface area contributed by atoms with Gasteiger partial charge < -0.3 is 29.7 Å². The van der Waals surface area contributed by atoms with E-state index in [0.29, 0.717) is 54.2 Å². The van der Waals surface area contributed by atoms with Gasteiger partial charge in [0.2, 0.25) is 5.91 Å². The Kier molecular flexibility index (Phi) is 13.6. The number of rotatable bonds is 17. The Hall–Kier alpha value is -5.55. The van der Waals surface area contributed by atoms with Crippen LogP contribution >= 0.6 is 11.6 Å². The van der Waals surface area contributed by atoms with E-state index in [0.717, 1.165) is 83.6 Å². The van der Waals surface area contributed by atoms with Crippen molar-refractivity contribution >= 4 is 17.5 Å². The van der Waals surface area contributed by atoms with Crippen LogP contribution < -0.4 is 24.8 Å². The van der Waals surface area contributed by atoms with Crippen LogP contribution in [0.25, 0.3) is 11.1 Å². The minimum absolute atomic E-state index is 0.0470. The summed E-state index contributed by atoms with van der Waals surface area (Å²) in [6, 6.07) is 20.2. The van der Waals surface area contributed by atoms with Gasteiger partial charge in [-0.25, -0.2) is 5.10 Å². The van der Waals surface area contributed by atoms with Gasteiger partial charge in [-0.1, -0.05) is 41.9 Å². The van der Waals surface area contributed by atoms with Crippen LogP contribution in [-0.4, -0.2) is 68.7 Å². The first-order chi connectivity index (χ1) is 26.8. The molecule has 0 radical (unpaired) electrons. The number of ether oxygens (including phenoxy) is 3. The molecule has 0 unspecified atom stereocenters. The van der Waals surface area contributed by atoms with Gasteiger partial charge in [-0.05, 0) is 89.6 Å². The molecule has 55 heavy (non-hydrogen) atoms. The standard InChI is InChI=1S/C41H46ClN9O4/c1-27-32(7-4-8-35(27)36-9-5-10-38(28(36)2)53-16-6-13-51-14-11-34(12-15-51)46-29(3)52)26-55-40-19-39(54-25-31-17-30(20-43)21-44-22-31)33(18-37(40)42)23-45-24-41-47-49-50-48-41/h4-5,7-10,17-19,21-22,34,45H,6,11-16,23-26H2,1-3H3,(H,46,52)(H,47,48,49,50). The lowest BCUT2D eigenvalue weighted by Crippen LogP contribution is -2.44. The average Bonchev–Trinajstić information content (AvgIpc) is 3.71. The van der Waals surface area contributed by atoms with Gasteiger partial charge in [-0.2, -0.15) is 5.26 Å². The second-order valence-corrected chi connectivity index (χ2v) is 14.1. The van der Waals surface area contributed by atoms with Gasteiger partial charge in [0.1, 0.15) is 36.5 Å². The molecule has 3 aromatic carbocycles. The van der Waals surface area contributed by atoms with Crippen molar-refractivity contribution in [2.24, 2.45) is 0 Å². The molecule has 286 valence electrons. The molecule has 0 spiro atoms. The number of nitrogens with one attached hydrogen (secondary N) is 3. The monoisotopic (exact) mass is 763 g/mol. The maximum absolute atomic E-state index is 11.4. The molecule has 5 aromatic rings. The van der Waals surface area contributed by atoms with Crippen molar-refractivity contribution in [3.05, 3.63) is 111 Å². The topological polar surface area (TPSA) is 163 Å². The van der Waals surface area contributed by atoms with E-state index in [4.69, 9.17) is 25.8 Å². The third-order valence-electron chi connectivity index (χ3n) is 9.71. The molecular weight excluding hydrogens is 718 g/mol. The molecule has 2 aromatic heterocycles. The number of aromatic amines is 1. The van der Waals surface area contributed by atoms with Crippen molar-refractivity contribution in [2.75, 3.05) is 26.2 Å². The summed E-state index contributed by atoms with van der Waals surface area (Å²) >= 11 is 6.80. The number of hydrogen-bond acceptors (Lipinski definition) is 11. The van der Waals surface area contributed by atoms with E-state index in [1.54, 1.807) is 25.3 Å². The highest BCUT2D eigenvalue weighted by atomic mass is 35.5. The van der Waals surface area contributed by atoms with Crippen LogP contribution in [0, 0.1) is 25.2 Å². The molecule has 0 saturated carbocycles. The van der Waals surface area contributed by atoms with Crippen LogP contribution in [0.15, 0.2) is 67.0 Å². The summed E-state index contributed by atoms with van der Waals surface area (Å²) in [5.41, 5.74) is 7.46. The SMILES string of the molecule is CC(=O)NC1CCN(CCCOc2cccc(-c3cccc(COc4cc(OCc5cncc(C#N)c5)c(CNCc5nnn[nH]5)cc4Cl)c3C)c2C)CC1. The average molecular weight is 764 g/mol. The van der Waals surface area contributed by atoms with Crippen LogP contribution in [-0.2, 0) is 31.1 Å². The number of likely N-dealkylation sites (tertiary alicyclic amines) is 1. The highest BCUT2D eigenvalue weighted by molar-refractivity contribution is 6.32. The number of aromatic nitrogens is 5. The molecule has 1 fully saturated rings. The Morgan fingerprint density at radius 1 is 0.945 bits per heavy atom. The summed E-state index contributed by atoms with van der Waals surface area (Å²) < 4.78 is 18.9. The summed E-state index contributed by atoms with van der Waals surface area (Å²) in [5.74, 6) is 2.59. The Balaban J connectivity index is 1.10. The fourth-order valence-corrected chi connectivity index (χ4v) is 6.97. The zero-order valence-electron chi connectivity index (χ0n) is 31.4. The van der Waals surface area contributed by atoms with Crippen molar-refractivity contribution in [1.82, 2.24) is 41.1 Å². The number of benzene rings is 3. The second kappa shape index (κ2) is 19.2. The molecule has 1 amide bonds. The third-order valence-corrected chi connectivity index (χ3v) is 10.0. The van der Waals surface area contributed by atoms with Crippen LogP contribution in [0.5, 0.6) is 17.2 Å². The highest BCUT2D eigenvalue weighted by Gasteiger charge is 2.20. The fourth-order valence-electron chi connectivity index (χ4n) is 6.73. The summed E-state index contributed by atoms with van der Waals surface area (Å²) in [6.45, 7) is 10.7. The van der Waals surface area contributed by atoms with Crippen LogP contribution in [0.4, 0.5) is 0 Å². The Labute approximate surface area is 326 Å².